The summed E-state index contributed by atoms with van der Waals surface area (Å²) in [7, 11) is 0. The highest BCUT2D eigenvalue weighted by Crippen LogP contribution is 2.22. The number of nitrogens with one attached hydrogen (secondary N) is 1. The second kappa shape index (κ2) is 5.59. The summed E-state index contributed by atoms with van der Waals surface area (Å²) in [5.74, 6) is -0.364. The zero-order valence-electron chi connectivity index (χ0n) is 11.2. The molecular formula is C18H13NO2. The molecule has 0 aromatic heterocycles. The Morgan fingerprint density at radius 1 is 0.667 bits per heavy atom. The van der Waals surface area contributed by atoms with Crippen LogP contribution in [0.1, 0.15) is 5.56 Å². The van der Waals surface area contributed by atoms with E-state index in [2.05, 4.69) is 5.32 Å². The number of carbonyl (C=O) groups excluding carboxylic acids is 2. The monoisotopic (exact) mass is 275 g/mol. The van der Waals surface area contributed by atoms with Crippen molar-refractivity contribution in [1.29, 1.82) is 0 Å². The van der Waals surface area contributed by atoms with E-state index >= 15 is 0 Å². The highest BCUT2D eigenvalue weighted by molar-refractivity contribution is 6.35. The Bertz CT molecular complexity index is 743. The first-order chi connectivity index (χ1) is 10.2. The summed E-state index contributed by atoms with van der Waals surface area (Å²) in [4.78, 5) is 24.4. The van der Waals surface area contributed by atoms with Crippen LogP contribution in [-0.4, -0.2) is 11.6 Å². The molecular weight excluding hydrogens is 262 g/mol. The molecule has 0 saturated carbocycles. The van der Waals surface area contributed by atoms with Crippen LogP contribution in [0.15, 0.2) is 78.5 Å². The summed E-state index contributed by atoms with van der Waals surface area (Å²) < 4.78 is 0. The molecule has 3 nitrogen and oxygen atoms in total. The number of hydrogen-bond acceptors (Lipinski definition) is 3. The maximum absolute atomic E-state index is 12.2. The lowest BCUT2D eigenvalue weighted by Crippen LogP contribution is -2.17. The predicted octanol–water partition coefficient (Wildman–Crippen LogP) is 3.22. The number of rotatable bonds is 3. The van der Waals surface area contributed by atoms with Gasteiger partial charge in [-0.25, -0.2) is 0 Å². The minimum absolute atomic E-state index is 0.167. The van der Waals surface area contributed by atoms with Crippen molar-refractivity contribution in [1.82, 2.24) is 0 Å². The van der Waals surface area contributed by atoms with Gasteiger partial charge in [0.2, 0.25) is 5.78 Å². The van der Waals surface area contributed by atoms with Crippen LogP contribution in [-0.2, 0) is 9.59 Å². The Hall–Kier alpha value is -2.94. The largest absolute Gasteiger partial charge is 0.352 e. The lowest BCUT2D eigenvalue weighted by atomic mass is 9.95. The Balaban J connectivity index is 1.86. The van der Waals surface area contributed by atoms with Gasteiger partial charge in [-0.05, 0) is 23.8 Å². The summed E-state index contributed by atoms with van der Waals surface area (Å²) >= 11 is 0. The van der Waals surface area contributed by atoms with Crippen LogP contribution in [0.25, 0.3) is 5.57 Å². The van der Waals surface area contributed by atoms with Crippen molar-refractivity contribution < 1.29 is 9.59 Å². The average Bonchev–Trinajstić information content (AvgIpc) is 2.52. The molecule has 1 aliphatic carbocycles. The van der Waals surface area contributed by atoms with Gasteiger partial charge in [0.05, 0.1) is 5.70 Å². The second-order valence-electron chi connectivity index (χ2n) is 4.70. The Morgan fingerprint density at radius 3 is 1.95 bits per heavy atom. The summed E-state index contributed by atoms with van der Waals surface area (Å²) in [6.07, 6.45) is 2.75. The van der Waals surface area contributed by atoms with Gasteiger partial charge in [0.1, 0.15) is 0 Å². The van der Waals surface area contributed by atoms with E-state index in [9.17, 15) is 9.59 Å². The molecule has 2 aromatic rings. The number of anilines is 1. The van der Waals surface area contributed by atoms with Crippen LogP contribution < -0.4 is 5.32 Å². The van der Waals surface area contributed by atoms with E-state index in [0.717, 1.165) is 11.3 Å². The molecule has 0 atom stereocenters. The normalized spacial score (nSPS) is 14.5. The smallest absolute Gasteiger partial charge is 0.202 e. The number of ketones is 2. The third kappa shape index (κ3) is 2.82. The highest BCUT2D eigenvalue weighted by atomic mass is 16.1. The molecule has 0 spiro atoms. The molecule has 0 fully saturated rings. The maximum atomic E-state index is 12.2. The summed E-state index contributed by atoms with van der Waals surface area (Å²) in [5.41, 5.74) is 2.26. The van der Waals surface area contributed by atoms with E-state index in [1.54, 1.807) is 0 Å². The van der Waals surface area contributed by atoms with E-state index in [0.29, 0.717) is 11.3 Å². The minimum Gasteiger partial charge on any atom is -0.352 e. The van der Waals surface area contributed by atoms with Gasteiger partial charge in [-0.1, -0.05) is 48.5 Å². The Morgan fingerprint density at radius 2 is 1.29 bits per heavy atom. The van der Waals surface area contributed by atoms with Crippen LogP contribution in [0.5, 0.6) is 0 Å². The molecule has 3 rings (SSSR count). The van der Waals surface area contributed by atoms with Crippen molar-refractivity contribution in [3.63, 3.8) is 0 Å². The van der Waals surface area contributed by atoms with Gasteiger partial charge in [-0.3, -0.25) is 9.59 Å². The molecule has 0 heterocycles. The molecule has 0 amide bonds. The predicted molar refractivity (Wildman–Crippen MR) is 82.6 cm³/mol. The molecule has 21 heavy (non-hydrogen) atoms. The number of hydrogen-bond donors (Lipinski definition) is 1. The molecule has 102 valence electrons. The molecule has 0 saturated heterocycles. The van der Waals surface area contributed by atoms with Gasteiger partial charge in [0, 0.05) is 17.3 Å². The van der Waals surface area contributed by atoms with Crippen molar-refractivity contribution in [3.05, 3.63) is 84.1 Å². The van der Waals surface area contributed by atoms with E-state index in [4.69, 9.17) is 0 Å². The standard InChI is InChI=1S/C18H13NO2/c20-17-12-16(19-14-9-5-2-6-10-14)18(21)11-15(17)13-7-3-1-4-8-13/h1-12,19H. The number of benzene rings is 2. The van der Waals surface area contributed by atoms with Crippen LogP contribution >= 0.6 is 0 Å². The fourth-order valence-corrected chi connectivity index (χ4v) is 2.18. The van der Waals surface area contributed by atoms with Crippen molar-refractivity contribution >= 4 is 22.8 Å². The SMILES string of the molecule is O=C1C=C(c2ccccc2)C(=O)C=C1Nc1ccccc1. The van der Waals surface area contributed by atoms with Crippen LogP contribution in [0, 0.1) is 0 Å². The number of allylic oxidation sites excluding steroid dienone is 3. The van der Waals surface area contributed by atoms with Gasteiger partial charge >= 0.3 is 0 Å². The van der Waals surface area contributed by atoms with Gasteiger partial charge in [0.15, 0.2) is 5.78 Å². The first kappa shape index (κ1) is 13.1. The summed E-state index contributed by atoms with van der Waals surface area (Å²) in [6, 6.07) is 18.5. The molecule has 2 aromatic carbocycles. The quantitative estimate of drug-likeness (QED) is 0.875. The lowest BCUT2D eigenvalue weighted by Gasteiger charge is -2.14. The van der Waals surface area contributed by atoms with Gasteiger partial charge in [0.25, 0.3) is 0 Å². The van der Waals surface area contributed by atoms with Crippen molar-refractivity contribution in [2.75, 3.05) is 5.32 Å². The van der Waals surface area contributed by atoms with E-state index in [-0.39, 0.29) is 11.6 Å². The highest BCUT2D eigenvalue weighted by Gasteiger charge is 2.21. The molecule has 1 N–H and O–H groups in total. The van der Waals surface area contributed by atoms with Crippen LogP contribution in [0.3, 0.4) is 0 Å². The second-order valence-corrected chi connectivity index (χ2v) is 4.70. The molecule has 3 heteroatoms. The van der Waals surface area contributed by atoms with Gasteiger partial charge in [-0.2, -0.15) is 0 Å². The van der Waals surface area contributed by atoms with Gasteiger partial charge in [-0.15, -0.1) is 0 Å². The topological polar surface area (TPSA) is 46.2 Å². The zero-order valence-corrected chi connectivity index (χ0v) is 11.2. The third-order valence-corrected chi connectivity index (χ3v) is 3.22. The van der Waals surface area contributed by atoms with Crippen molar-refractivity contribution in [3.8, 4) is 0 Å². The van der Waals surface area contributed by atoms with E-state index < -0.39 is 0 Å². The molecule has 0 radical (unpaired) electrons. The van der Waals surface area contributed by atoms with E-state index in [1.807, 2.05) is 60.7 Å². The minimum atomic E-state index is -0.197. The average molecular weight is 275 g/mol. The number of para-hydroxylation sites is 1. The summed E-state index contributed by atoms with van der Waals surface area (Å²) in [5, 5.41) is 2.98. The van der Waals surface area contributed by atoms with Crippen molar-refractivity contribution in [2.45, 2.75) is 0 Å². The molecule has 0 unspecified atom stereocenters. The Labute approximate surface area is 122 Å². The Kier molecular flexibility index (Phi) is 3.48. The van der Waals surface area contributed by atoms with E-state index in [1.165, 1.54) is 12.2 Å². The fraction of sp³-hybridized carbons (Fsp3) is 0. The fourth-order valence-electron chi connectivity index (χ4n) is 2.18. The molecule has 1 aliphatic rings. The zero-order chi connectivity index (χ0) is 14.7. The van der Waals surface area contributed by atoms with Crippen molar-refractivity contribution in [2.24, 2.45) is 0 Å². The molecule has 0 bridgehead atoms. The van der Waals surface area contributed by atoms with Crippen LogP contribution in [0.2, 0.25) is 0 Å². The number of carbonyl (C=O) groups is 2. The lowest BCUT2D eigenvalue weighted by molar-refractivity contribution is -0.113. The molecule has 0 aliphatic heterocycles. The third-order valence-electron chi connectivity index (χ3n) is 3.22. The maximum Gasteiger partial charge on any atom is 0.202 e. The first-order valence-electron chi connectivity index (χ1n) is 6.63. The summed E-state index contributed by atoms with van der Waals surface area (Å²) in [6.45, 7) is 0. The van der Waals surface area contributed by atoms with Crippen LogP contribution in [0.4, 0.5) is 5.69 Å². The first-order valence-corrected chi connectivity index (χ1v) is 6.63. The van der Waals surface area contributed by atoms with Gasteiger partial charge < -0.3 is 5.32 Å².